The van der Waals surface area contributed by atoms with Gasteiger partial charge in [0.15, 0.2) is 0 Å². The van der Waals surface area contributed by atoms with Crippen LogP contribution in [0, 0.1) is 12.8 Å². The molecule has 6 nitrogen and oxygen atoms in total. The molecule has 0 aromatic heterocycles. The van der Waals surface area contributed by atoms with E-state index in [0.717, 1.165) is 52.0 Å². The molecule has 0 saturated carbocycles. The van der Waals surface area contributed by atoms with Crippen molar-refractivity contribution < 1.29 is 8.42 Å². The quantitative estimate of drug-likeness (QED) is 0.720. The molecule has 2 fully saturated rings. The van der Waals surface area contributed by atoms with Crippen molar-refractivity contribution in [3.05, 3.63) is 29.8 Å². The number of aryl methyl sites for hydroxylation is 1. The fourth-order valence-corrected chi connectivity index (χ4v) is 5.42. The summed E-state index contributed by atoms with van der Waals surface area (Å²) in [7, 11) is -3.31. The molecule has 152 valence electrons. The van der Waals surface area contributed by atoms with Gasteiger partial charge in [0.1, 0.15) is 0 Å². The van der Waals surface area contributed by atoms with Crippen LogP contribution in [0.3, 0.4) is 0 Å². The molecule has 0 radical (unpaired) electrons. The zero-order chi connectivity index (χ0) is 19.3. The van der Waals surface area contributed by atoms with Gasteiger partial charge in [0, 0.05) is 51.5 Å². The largest absolute Gasteiger partial charge is 0.369 e. The molecular weight excluding hydrogens is 360 g/mol. The first-order valence-electron chi connectivity index (χ1n) is 10.2. The van der Waals surface area contributed by atoms with E-state index in [-0.39, 0.29) is 0 Å². The van der Waals surface area contributed by atoms with Crippen LogP contribution < -0.4 is 9.62 Å². The van der Waals surface area contributed by atoms with E-state index in [0.29, 0.717) is 25.6 Å². The first kappa shape index (κ1) is 20.6. The van der Waals surface area contributed by atoms with Crippen molar-refractivity contribution in [2.24, 2.45) is 5.92 Å². The van der Waals surface area contributed by atoms with Crippen molar-refractivity contribution in [2.45, 2.75) is 33.1 Å². The summed E-state index contributed by atoms with van der Waals surface area (Å²) in [4.78, 5) is 4.87. The van der Waals surface area contributed by atoms with E-state index >= 15 is 0 Å². The zero-order valence-corrected chi connectivity index (χ0v) is 17.5. The summed E-state index contributed by atoms with van der Waals surface area (Å²) in [5.74, 6) is 0.458. The molecule has 1 atom stereocenters. The van der Waals surface area contributed by atoms with Crippen LogP contribution in [-0.4, -0.2) is 70.0 Å². The van der Waals surface area contributed by atoms with E-state index in [1.54, 1.807) is 4.31 Å². The summed E-state index contributed by atoms with van der Waals surface area (Å²) in [6.45, 7) is 11.1. The monoisotopic (exact) mass is 394 g/mol. The maximum absolute atomic E-state index is 12.4. The van der Waals surface area contributed by atoms with Crippen LogP contribution in [0.1, 0.15) is 31.7 Å². The average molecular weight is 395 g/mol. The van der Waals surface area contributed by atoms with Crippen molar-refractivity contribution in [2.75, 3.05) is 57.3 Å². The molecule has 2 aliphatic heterocycles. The van der Waals surface area contributed by atoms with E-state index in [1.807, 2.05) is 0 Å². The Labute approximate surface area is 164 Å². The number of hydrogen-bond acceptors (Lipinski definition) is 4. The van der Waals surface area contributed by atoms with Gasteiger partial charge in [-0.2, -0.15) is 12.7 Å². The molecule has 2 heterocycles. The summed E-state index contributed by atoms with van der Waals surface area (Å²) >= 11 is 0. The normalized spacial score (nSPS) is 22.9. The van der Waals surface area contributed by atoms with E-state index in [2.05, 4.69) is 52.6 Å². The average Bonchev–Trinajstić information content (AvgIpc) is 2.66. The second-order valence-electron chi connectivity index (χ2n) is 8.03. The first-order valence-corrected chi connectivity index (χ1v) is 11.7. The third-order valence-electron chi connectivity index (χ3n) is 5.63. The Morgan fingerprint density at radius 1 is 1.15 bits per heavy atom. The Hall–Kier alpha value is -1.15. The van der Waals surface area contributed by atoms with Crippen molar-refractivity contribution in [3.63, 3.8) is 0 Å². The van der Waals surface area contributed by atoms with E-state index in [1.165, 1.54) is 11.3 Å². The lowest BCUT2D eigenvalue weighted by Gasteiger charge is -2.36. The lowest BCUT2D eigenvalue weighted by molar-refractivity contribution is 0.254. The molecule has 0 amide bonds. The first-order chi connectivity index (χ1) is 12.9. The smallest absolute Gasteiger partial charge is 0.279 e. The molecule has 27 heavy (non-hydrogen) atoms. The lowest BCUT2D eigenvalue weighted by Crippen LogP contribution is -2.48. The van der Waals surface area contributed by atoms with Gasteiger partial charge in [-0.25, -0.2) is 4.72 Å². The van der Waals surface area contributed by atoms with Gasteiger partial charge in [-0.3, -0.25) is 4.90 Å². The standard InChI is InChI=1S/C20H34N4O2S/c1-18-6-3-8-20(16-18)23-14-12-22(13-15-23)10-5-9-21-27(25,26)24-11-4-7-19(2)17-24/h3,6,8,16,19,21H,4-5,7,9-15,17H2,1-2H3/t19-/m1/s1. The van der Waals surface area contributed by atoms with Crippen LogP contribution in [0.4, 0.5) is 5.69 Å². The highest BCUT2D eigenvalue weighted by Crippen LogP contribution is 2.19. The third-order valence-corrected chi connectivity index (χ3v) is 7.21. The number of benzene rings is 1. The van der Waals surface area contributed by atoms with Gasteiger partial charge in [-0.05, 0) is 56.3 Å². The van der Waals surface area contributed by atoms with E-state index < -0.39 is 10.2 Å². The second-order valence-corrected chi connectivity index (χ2v) is 9.78. The highest BCUT2D eigenvalue weighted by atomic mass is 32.2. The van der Waals surface area contributed by atoms with E-state index in [9.17, 15) is 8.42 Å². The summed E-state index contributed by atoms with van der Waals surface area (Å²) in [5, 5.41) is 0. The minimum absolute atomic E-state index is 0.458. The molecule has 2 aliphatic rings. The lowest BCUT2D eigenvalue weighted by atomic mass is 10.0. The molecule has 1 N–H and O–H groups in total. The van der Waals surface area contributed by atoms with Gasteiger partial charge < -0.3 is 4.90 Å². The van der Waals surface area contributed by atoms with Crippen molar-refractivity contribution in [1.82, 2.24) is 13.9 Å². The number of rotatable bonds is 7. The SMILES string of the molecule is Cc1cccc(N2CCN(CCCNS(=O)(=O)N3CCC[C@@H](C)C3)CC2)c1. The highest BCUT2D eigenvalue weighted by molar-refractivity contribution is 7.87. The number of piperazine rings is 1. The van der Waals surface area contributed by atoms with Gasteiger partial charge in [0.2, 0.25) is 0 Å². The fraction of sp³-hybridized carbons (Fsp3) is 0.700. The molecule has 3 rings (SSSR count). The number of piperidine rings is 1. The fourth-order valence-electron chi connectivity index (χ4n) is 4.01. The third kappa shape index (κ3) is 5.91. The molecule has 0 unspecified atom stereocenters. The molecule has 1 aromatic rings. The van der Waals surface area contributed by atoms with Gasteiger partial charge in [0.25, 0.3) is 10.2 Å². The molecular formula is C20H34N4O2S. The maximum atomic E-state index is 12.4. The summed E-state index contributed by atoms with van der Waals surface area (Å²) in [6, 6.07) is 8.67. The predicted octanol–water partition coefficient (Wildman–Crippen LogP) is 2.07. The van der Waals surface area contributed by atoms with Gasteiger partial charge >= 0.3 is 0 Å². The van der Waals surface area contributed by atoms with Crippen molar-refractivity contribution in [3.8, 4) is 0 Å². The van der Waals surface area contributed by atoms with Crippen molar-refractivity contribution >= 4 is 15.9 Å². The Morgan fingerprint density at radius 2 is 1.93 bits per heavy atom. The van der Waals surface area contributed by atoms with Crippen LogP contribution in [0.25, 0.3) is 0 Å². The van der Waals surface area contributed by atoms with Gasteiger partial charge in [-0.15, -0.1) is 0 Å². The predicted molar refractivity (Wildman–Crippen MR) is 111 cm³/mol. The van der Waals surface area contributed by atoms with Gasteiger partial charge in [0.05, 0.1) is 0 Å². The van der Waals surface area contributed by atoms with E-state index in [4.69, 9.17) is 0 Å². The molecule has 0 bridgehead atoms. The Morgan fingerprint density at radius 3 is 2.63 bits per heavy atom. The Balaban J connectivity index is 1.36. The Bertz CT molecular complexity index is 702. The number of anilines is 1. The van der Waals surface area contributed by atoms with Crippen LogP contribution in [-0.2, 0) is 10.2 Å². The number of nitrogens with one attached hydrogen (secondary N) is 1. The minimum atomic E-state index is -3.31. The van der Waals surface area contributed by atoms with Crippen molar-refractivity contribution in [1.29, 1.82) is 0 Å². The summed E-state index contributed by atoms with van der Waals surface area (Å²) in [5.41, 5.74) is 2.60. The minimum Gasteiger partial charge on any atom is -0.369 e. The molecule has 0 aliphatic carbocycles. The Kier molecular flexibility index (Phi) is 7.14. The second kappa shape index (κ2) is 9.37. The topological polar surface area (TPSA) is 55.9 Å². The molecule has 0 spiro atoms. The number of hydrogen-bond donors (Lipinski definition) is 1. The summed E-state index contributed by atoms with van der Waals surface area (Å²) in [6.07, 6.45) is 2.95. The van der Waals surface area contributed by atoms with Crippen LogP contribution in [0.15, 0.2) is 24.3 Å². The van der Waals surface area contributed by atoms with Crippen LogP contribution in [0.5, 0.6) is 0 Å². The summed E-state index contributed by atoms with van der Waals surface area (Å²) < 4.78 is 29.2. The molecule has 1 aromatic carbocycles. The molecule has 2 saturated heterocycles. The van der Waals surface area contributed by atoms with Crippen LogP contribution in [0.2, 0.25) is 0 Å². The number of nitrogens with zero attached hydrogens (tertiary/aromatic N) is 3. The highest BCUT2D eigenvalue weighted by Gasteiger charge is 2.26. The molecule has 7 heteroatoms. The van der Waals surface area contributed by atoms with Crippen LogP contribution >= 0.6 is 0 Å². The zero-order valence-electron chi connectivity index (χ0n) is 16.7. The maximum Gasteiger partial charge on any atom is 0.279 e. The van der Waals surface area contributed by atoms with Gasteiger partial charge in [-0.1, -0.05) is 19.1 Å².